The molecule has 2 aromatic heterocycles. The average Bonchev–Trinajstić information content (AvgIpc) is 3.05. The van der Waals surface area contributed by atoms with Crippen molar-refractivity contribution in [1.29, 1.82) is 0 Å². The van der Waals surface area contributed by atoms with E-state index in [9.17, 15) is 0 Å². The summed E-state index contributed by atoms with van der Waals surface area (Å²) in [5, 5.41) is 11.0. The Morgan fingerprint density at radius 1 is 1.45 bits per heavy atom. The van der Waals surface area contributed by atoms with E-state index >= 15 is 0 Å². The molecular weight excluding hydrogens is 290 g/mol. The monoisotopic (exact) mass is 311 g/mol. The minimum absolute atomic E-state index is 0.399. The maximum absolute atomic E-state index is 6.39. The Kier molecular flexibility index (Phi) is 5.64. The number of nitrogens with one attached hydrogen (secondary N) is 1. The second kappa shape index (κ2) is 7.25. The van der Waals surface area contributed by atoms with Gasteiger partial charge >= 0.3 is 0 Å². The first kappa shape index (κ1) is 15.5. The molecule has 2 aromatic rings. The summed E-state index contributed by atoms with van der Waals surface area (Å²) in [6.45, 7) is 5.05. The Morgan fingerprint density at radius 2 is 2.25 bits per heavy atom. The molecule has 0 aliphatic heterocycles. The molecule has 0 bridgehead atoms. The fourth-order valence-corrected chi connectivity index (χ4v) is 3.55. The third kappa shape index (κ3) is 3.43. The number of thiophene rings is 1. The third-order valence-corrected chi connectivity index (χ3v) is 4.91. The number of aryl methyl sites for hydroxylation is 2. The Hall–Kier alpha value is -0.840. The summed E-state index contributed by atoms with van der Waals surface area (Å²) in [6, 6.07) is 4.70. The molecule has 2 heterocycles. The highest BCUT2D eigenvalue weighted by Gasteiger charge is 2.16. The van der Waals surface area contributed by atoms with Crippen LogP contribution in [0.1, 0.15) is 49.0 Å². The van der Waals surface area contributed by atoms with Gasteiger partial charge in [0.05, 0.1) is 16.4 Å². The predicted octanol–water partition coefficient (Wildman–Crippen LogP) is 4.33. The lowest BCUT2D eigenvalue weighted by Crippen LogP contribution is -2.21. The van der Waals surface area contributed by atoms with E-state index in [4.69, 9.17) is 11.6 Å². The standard InChI is InChI=1S/C15H22ClN3S/c1-4-7-12(14-8-6-9-20-14)17-10-13-15(16)11(5-2)18-19(13)3/h6,8-9,12,17H,4-5,7,10H2,1-3H3. The normalized spacial score (nSPS) is 12.8. The Balaban J connectivity index is 2.08. The minimum Gasteiger partial charge on any atom is -0.304 e. The van der Waals surface area contributed by atoms with Crippen LogP contribution in [0.25, 0.3) is 0 Å². The van der Waals surface area contributed by atoms with Gasteiger partial charge in [0.15, 0.2) is 0 Å². The summed E-state index contributed by atoms with van der Waals surface area (Å²) < 4.78 is 1.89. The number of hydrogen-bond acceptors (Lipinski definition) is 3. The highest BCUT2D eigenvalue weighted by atomic mass is 35.5. The summed E-state index contributed by atoms with van der Waals surface area (Å²) in [4.78, 5) is 1.39. The number of rotatable bonds is 7. The number of hydrogen-bond donors (Lipinski definition) is 1. The van der Waals surface area contributed by atoms with Crippen molar-refractivity contribution in [3.05, 3.63) is 38.8 Å². The van der Waals surface area contributed by atoms with Crippen LogP contribution in [0, 0.1) is 0 Å². The van der Waals surface area contributed by atoms with E-state index in [0.717, 1.165) is 42.2 Å². The van der Waals surface area contributed by atoms with Crippen LogP contribution in [0.5, 0.6) is 0 Å². The van der Waals surface area contributed by atoms with Crippen molar-refractivity contribution in [3.63, 3.8) is 0 Å². The third-order valence-electron chi connectivity index (χ3n) is 3.48. The van der Waals surface area contributed by atoms with Crippen LogP contribution in [-0.2, 0) is 20.0 Å². The summed E-state index contributed by atoms with van der Waals surface area (Å²) in [6.07, 6.45) is 3.17. The lowest BCUT2D eigenvalue weighted by Gasteiger charge is -2.17. The molecule has 0 aliphatic carbocycles. The van der Waals surface area contributed by atoms with E-state index in [1.165, 1.54) is 4.88 Å². The first-order chi connectivity index (χ1) is 9.67. The molecule has 0 saturated heterocycles. The van der Waals surface area contributed by atoms with Gasteiger partial charge in [-0.2, -0.15) is 5.10 Å². The summed E-state index contributed by atoms with van der Waals surface area (Å²) in [5.41, 5.74) is 2.05. The molecular formula is C15H22ClN3S. The van der Waals surface area contributed by atoms with Gasteiger partial charge in [-0.1, -0.05) is 37.9 Å². The maximum Gasteiger partial charge on any atom is 0.0863 e. The quantitative estimate of drug-likeness (QED) is 0.825. The van der Waals surface area contributed by atoms with E-state index < -0.39 is 0 Å². The highest BCUT2D eigenvalue weighted by molar-refractivity contribution is 7.10. The van der Waals surface area contributed by atoms with Crippen molar-refractivity contribution in [2.45, 2.75) is 45.7 Å². The van der Waals surface area contributed by atoms with Gasteiger partial charge in [0.1, 0.15) is 0 Å². The van der Waals surface area contributed by atoms with Gasteiger partial charge in [-0.05, 0) is 24.3 Å². The zero-order valence-electron chi connectivity index (χ0n) is 12.3. The van der Waals surface area contributed by atoms with Crippen molar-refractivity contribution < 1.29 is 0 Å². The highest BCUT2D eigenvalue weighted by Crippen LogP contribution is 2.25. The molecule has 1 N–H and O–H groups in total. The van der Waals surface area contributed by atoms with Gasteiger partial charge in [-0.3, -0.25) is 4.68 Å². The lowest BCUT2D eigenvalue weighted by atomic mass is 10.1. The van der Waals surface area contributed by atoms with Gasteiger partial charge in [-0.25, -0.2) is 0 Å². The minimum atomic E-state index is 0.399. The molecule has 20 heavy (non-hydrogen) atoms. The van der Waals surface area contributed by atoms with E-state index in [0.29, 0.717) is 6.04 Å². The average molecular weight is 312 g/mol. The molecule has 1 unspecified atom stereocenters. The molecule has 0 saturated carbocycles. The number of halogens is 1. The molecule has 110 valence electrons. The number of aromatic nitrogens is 2. The van der Waals surface area contributed by atoms with Crippen molar-refractivity contribution >= 4 is 22.9 Å². The maximum atomic E-state index is 6.39. The number of nitrogens with zero attached hydrogens (tertiary/aromatic N) is 2. The van der Waals surface area contributed by atoms with Crippen LogP contribution < -0.4 is 5.32 Å². The Bertz CT molecular complexity index is 534. The summed E-state index contributed by atoms with van der Waals surface area (Å²) in [5.74, 6) is 0. The van der Waals surface area contributed by atoms with Crippen LogP contribution >= 0.6 is 22.9 Å². The molecule has 0 radical (unpaired) electrons. The van der Waals surface area contributed by atoms with Crippen LogP contribution in [0.4, 0.5) is 0 Å². The SMILES string of the molecule is CCCC(NCc1c(Cl)c(CC)nn1C)c1cccs1. The van der Waals surface area contributed by atoms with Crippen LogP contribution in [-0.4, -0.2) is 9.78 Å². The first-order valence-electron chi connectivity index (χ1n) is 7.14. The second-order valence-electron chi connectivity index (χ2n) is 4.92. The van der Waals surface area contributed by atoms with E-state index in [2.05, 4.69) is 41.8 Å². The molecule has 5 heteroatoms. The van der Waals surface area contributed by atoms with Crippen molar-refractivity contribution in [1.82, 2.24) is 15.1 Å². The summed E-state index contributed by atoms with van der Waals surface area (Å²) in [7, 11) is 1.96. The Labute approximate surface area is 130 Å². The van der Waals surface area contributed by atoms with Gasteiger partial charge < -0.3 is 5.32 Å². The van der Waals surface area contributed by atoms with Gasteiger partial charge in [0, 0.05) is 24.5 Å². The van der Waals surface area contributed by atoms with Crippen molar-refractivity contribution in [2.75, 3.05) is 0 Å². The largest absolute Gasteiger partial charge is 0.304 e. The zero-order chi connectivity index (χ0) is 14.5. The van der Waals surface area contributed by atoms with Gasteiger partial charge in [0.2, 0.25) is 0 Å². The summed E-state index contributed by atoms with van der Waals surface area (Å²) >= 11 is 8.20. The molecule has 0 fully saturated rings. The van der Waals surface area contributed by atoms with E-state index in [1.807, 2.05) is 11.7 Å². The topological polar surface area (TPSA) is 29.9 Å². The molecule has 3 nitrogen and oxygen atoms in total. The molecule has 1 atom stereocenters. The zero-order valence-corrected chi connectivity index (χ0v) is 13.9. The van der Waals surface area contributed by atoms with Crippen molar-refractivity contribution in [3.8, 4) is 0 Å². The van der Waals surface area contributed by atoms with Crippen LogP contribution in [0.2, 0.25) is 5.02 Å². The smallest absolute Gasteiger partial charge is 0.0863 e. The fraction of sp³-hybridized carbons (Fsp3) is 0.533. The lowest BCUT2D eigenvalue weighted by molar-refractivity contribution is 0.487. The van der Waals surface area contributed by atoms with Crippen LogP contribution in [0.3, 0.4) is 0 Å². The molecule has 0 aliphatic rings. The first-order valence-corrected chi connectivity index (χ1v) is 8.40. The van der Waals surface area contributed by atoms with Gasteiger partial charge in [0.25, 0.3) is 0 Å². The predicted molar refractivity (Wildman–Crippen MR) is 86.4 cm³/mol. The van der Waals surface area contributed by atoms with Crippen LogP contribution in [0.15, 0.2) is 17.5 Å². The van der Waals surface area contributed by atoms with Gasteiger partial charge in [-0.15, -0.1) is 11.3 Å². The fourth-order valence-electron chi connectivity index (χ4n) is 2.35. The molecule has 0 amide bonds. The molecule has 0 aromatic carbocycles. The second-order valence-corrected chi connectivity index (χ2v) is 6.28. The Morgan fingerprint density at radius 3 is 2.80 bits per heavy atom. The molecule has 2 rings (SSSR count). The van der Waals surface area contributed by atoms with Crippen molar-refractivity contribution in [2.24, 2.45) is 7.05 Å². The molecule has 0 spiro atoms. The van der Waals surface area contributed by atoms with E-state index in [1.54, 1.807) is 11.3 Å². The van der Waals surface area contributed by atoms with E-state index in [-0.39, 0.29) is 0 Å².